The number of benzene rings is 2. The monoisotopic (exact) mass is 323 g/mol. The number of carboxylic acid groups (broad SMARTS) is 1. The minimum absolute atomic E-state index is 0.0398. The second-order valence-electron chi connectivity index (χ2n) is 4.88. The van der Waals surface area contributed by atoms with Crippen molar-refractivity contribution in [3.8, 4) is 11.1 Å². The Morgan fingerprint density at radius 3 is 2.43 bits per heavy atom. The molecule has 1 unspecified atom stereocenters. The molecule has 0 aromatic heterocycles. The first-order valence-electron chi connectivity index (χ1n) is 6.47. The molecule has 1 atom stereocenters. The Kier molecular flexibility index (Phi) is 5.23. The maximum Gasteiger partial charge on any atom is 0.304 e. The van der Waals surface area contributed by atoms with Gasteiger partial charge in [0.1, 0.15) is 0 Å². The number of hydrogen-bond acceptors (Lipinski definition) is 2. The van der Waals surface area contributed by atoms with Crippen molar-refractivity contribution in [3.63, 3.8) is 0 Å². The minimum Gasteiger partial charge on any atom is -0.481 e. The Bertz CT molecular complexity index is 641. The first-order chi connectivity index (χ1) is 9.95. The molecule has 3 nitrogen and oxygen atoms in total. The number of carboxylic acids is 1. The summed E-state index contributed by atoms with van der Waals surface area (Å²) >= 11 is 12.2. The van der Waals surface area contributed by atoms with Crippen molar-refractivity contribution in [2.24, 2.45) is 5.73 Å². The molecular weight excluding hydrogens is 309 g/mol. The van der Waals surface area contributed by atoms with Gasteiger partial charge < -0.3 is 10.8 Å². The van der Waals surface area contributed by atoms with Gasteiger partial charge >= 0.3 is 5.97 Å². The van der Waals surface area contributed by atoms with E-state index in [-0.39, 0.29) is 12.5 Å². The van der Waals surface area contributed by atoms with Crippen molar-refractivity contribution in [1.82, 2.24) is 0 Å². The van der Waals surface area contributed by atoms with Crippen LogP contribution in [0.2, 0.25) is 10.0 Å². The van der Waals surface area contributed by atoms with Gasteiger partial charge in [-0.1, -0.05) is 47.5 Å². The number of halogens is 2. The summed E-state index contributed by atoms with van der Waals surface area (Å²) in [5.41, 5.74) is 8.59. The van der Waals surface area contributed by atoms with Gasteiger partial charge in [-0.15, -0.1) is 0 Å². The van der Waals surface area contributed by atoms with Crippen molar-refractivity contribution >= 4 is 29.2 Å². The molecule has 0 fully saturated rings. The highest BCUT2D eigenvalue weighted by Gasteiger charge is 2.10. The van der Waals surface area contributed by atoms with E-state index in [1.807, 2.05) is 30.3 Å². The summed E-state index contributed by atoms with van der Waals surface area (Å²) in [5.74, 6) is -0.884. The SMILES string of the molecule is NC(CC(=O)O)Cc1ccc(-c2cc(Cl)ccc2Cl)cc1. The Morgan fingerprint density at radius 1 is 1.14 bits per heavy atom. The van der Waals surface area contributed by atoms with Gasteiger partial charge in [0.2, 0.25) is 0 Å². The third-order valence-electron chi connectivity index (χ3n) is 3.13. The van der Waals surface area contributed by atoms with Crippen molar-refractivity contribution < 1.29 is 9.90 Å². The molecule has 0 radical (unpaired) electrons. The predicted octanol–water partition coefficient (Wildman–Crippen LogP) is 4.00. The molecule has 2 aromatic rings. The number of hydrogen-bond donors (Lipinski definition) is 2. The summed E-state index contributed by atoms with van der Waals surface area (Å²) in [5, 5.41) is 9.96. The van der Waals surface area contributed by atoms with Gasteiger partial charge in [0.05, 0.1) is 6.42 Å². The van der Waals surface area contributed by atoms with Crippen LogP contribution in [0.3, 0.4) is 0 Å². The Labute approximate surface area is 133 Å². The van der Waals surface area contributed by atoms with Gasteiger partial charge in [0.15, 0.2) is 0 Å². The zero-order valence-corrected chi connectivity index (χ0v) is 12.7. The molecule has 0 bridgehead atoms. The van der Waals surface area contributed by atoms with E-state index in [1.165, 1.54) is 0 Å². The molecule has 0 saturated heterocycles. The zero-order valence-electron chi connectivity index (χ0n) is 11.2. The third kappa shape index (κ3) is 4.46. The van der Waals surface area contributed by atoms with Crippen LogP contribution in [-0.4, -0.2) is 17.1 Å². The third-order valence-corrected chi connectivity index (χ3v) is 3.69. The fourth-order valence-electron chi connectivity index (χ4n) is 2.14. The summed E-state index contributed by atoms with van der Waals surface area (Å²) in [6, 6.07) is 12.6. The molecule has 0 aliphatic carbocycles. The molecule has 110 valence electrons. The van der Waals surface area contributed by atoms with Gasteiger partial charge in [-0.2, -0.15) is 0 Å². The van der Waals surface area contributed by atoms with E-state index in [2.05, 4.69) is 0 Å². The van der Waals surface area contributed by atoms with E-state index in [0.29, 0.717) is 16.5 Å². The van der Waals surface area contributed by atoms with E-state index in [9.17, 15) is 4.79 Å². The number of nitrogens with two attached hydrogens (primary N) is 1. The van der Waals surface area contributed by atoms with Gasteiger partial charge in [-0.25, -0.2) is 0 Å². The highest BCUT2D eigenvalue weighted by atomic mass is 35.5. The summed E-state index contributed by atoms with van der Waals surface area (Å²) in [6.45, 7) is 0. The molecule has 0 saturated carbocycles. The van der Waals surface area contributed by atoms with Crippen LogP contribution in [0.25, 0.3) is 11.1 Å². The lowest BCUT2D eigenvalue weighted by Gasteiger charge is -2.10. The molecule has 0 aliphatic heterocycles. The molecule has 0 spiro atoms. The van der Waals surface area contributed by atoms with Crippen LogP contribution < -0.4 is 5.73 Å². The fourth-order valence-corrected chi connectivity index (χ4v) is 2.54. The summed E-state index contributed by atoms with van der Waals surface area (Å²) in [7, 11) is 0. The summed E-state index contributed by atoms with van der Waals surface area (Å²) < 4.78 is 0. The smallest absolute Gasteiger partial charge is 0.304 e. The highest BCUT2D eigenvalue weighted by Crippen LogP contribution is 2.30. The Hall–Kier alpha value is -1.55. The lowest BCUT2D eigenvalue weighted by Crippen LogP contribution is -2.26. The average Bonchev–Trinajstić information content (AvgIpc) is 2.41. The van der Waals surface area contributed by atoms with Crippen LogP contribution >= 0.6 is 23.2 Å². The highest BCUT2D eigenvalue weighted by molar-refractivity contribution is 6.35. The van der Waals surface area contributed by atoms with E-state index < -0.39 is 5.97 Å². The van der Waals surface area contributed by atoms with E-state index in [1.54, 1.807) is 12.1 Å². The minimum atomic E-state index is -0.884. The normalized spacial score (nSPS) is 12.1. The fraction of sp³-hybridized carbons (Fsp3) is 0.188. The van der Waals surface area contributed by atoms with Gasteiger partial charge in [0, 0.05) is 21.7 Å². The van der Waals surface area contributed by atoms with Crippen molar-refractivity contribution in [2.75, 3.05) is 0 Å². The van der Waals surface area contributed by atoms with E-state index in [4.69, 9.17) is 34.0 Å². The number of aliphatic carboxylic acids is 1. The van der Waals surface area contributed by atoms with Crippen LogP contribution in [0.5, 0.6) is 0 Å². The first-order valence-corrected chi connectivity index (χ1v) is 7.23. The molecule has 5 heteroatoms. The first kappa shape index (κ1) is 15.8. The molecule has 2 aromatic carbocycles. The van der Waals surface area contributed by atoms with Gasteiger partial charge in [-0.3, -0.25) is 4.79 Å². The summed E-state index contributed by atoms with van der Waals surface area (Å²) in [6.07, 6.45) is 0.484. The molecule has 21 heavy (non-hydrogen) atoms. The van der Waals surface area contributed by atoms with Crippen LogP contribution in [0.4, 0.5) is 0 Å². The maximum atomic E-state index is 10.6. The van der Waals surface area contributed by atoms with Crippen LogP contribution in [-0.2, 0) is 11.2 Å². The van der Waals surface area contributed by atoms with Crippen LogP contribution in [0, 0.1) is 0 Å². The standard InChI is InChI=1S/C16H15Cl2NO2/c17-12-5-6-15(18)14(8-12)11-3-1-10(2-4-11)7-13(19)9-16(20)21/h1-6,8,13H,7,9,19H2,(H,20,21). The van der Waals surface area contributed by atoms with Crippen LogP contribution in [0.1, 0.15) is 12.0 Å². The molecule has 2 rings (SSSR count). The van der Waals surface area contributed by atoms with Crippen molar-refractivity contribution in [1.29, 1.82) is 0 Å². The molecule has 3 N–H and O–H groups in total. The quantitative estimate of drug-likeness (QED) is 0.873. The van der Waals surface area contributed by atoms with Crippen molar-refractivity contribution in [2.45, 2.75) is 18.9 Å². The van der Waals surface area contributed by atoms with Gasteiger partial charge in [-0.05, 0) is 35.7 Å². The molecule has 0 heterocycles. The average molecular weight is 324 g/mol. The maximum absolute atomic E-state index is 10.6. The van der Waals surface area contributed by atoms with Gasteiger partial charge in [0.25, 0.3) is 0 Å². The largest absolute Gasteiger partial charge is 0.481 e. The second kappa shape index (κ2) is 6.94. The molecule has 0 aliphatic rings. The van der Waals surface area contributed by atoms with E-state index >= 15 is 0 Å². The number of rotatable bonds is 5. The number of carbonyl (C=O) groups is 1. The Morgan fingerprint density at radius 2 is 1.81 bits per heavy atom. The predicted molar refractivity (Wildman–Crippen MR) is 85.8 cm³/mol. The lowest BCUT2D eigenvalue weighted by atomic mass is 10.00. The summed E-state index contributed by atoms with van der Waals surface area (Å²) in [4.78, 5) is 10.6. The second-order valence-corrected chi connectivity index (χ2v) is 5.73. The topological polar surface area (TPSA) is 63.3 Å². The Balaban J connectivity index is 2.15. The molecule has 0 amide bonds. The van der Waals surface area contributed by atoms with Crippen LogP contribution in [0.15, 0.2) is 42.5 Å². The zero-order chi connectivity index (χ0) is 15.4. The van der Waals surface area contributed by atoms with E-state index in [0.717, 1.165) is 16.7 Å². The lowest BCUT2D eigenvalue weighted by molar-refractivity contribution is -0.137. The van der Waals surface area contributed by atoms with Crippen molar-refractivity contribution in [3.05, 3.63) is 58.1 Å². The molecular formula is C16H15Cl2NO2.